The first kappa shape index (κ1) is 20.3. The van der Waals surface area contributed by atoms with Crippen molar-refractivity contribution in [2.24, 2.45) is 0 Å². The molecule has 0 fully saturated rings. The van der Waals surface area contributed by atoms with Crippen molar-refractivity contribution < 1.29 is 18.7 Å². The lowest BCUT2D eigenvalue weighted by Crippen LogP contribution is -2.37. The van der Waals surface area contributed by atoms with Crippen molar-refractivity contribution in [1.29, 1.82) is 0 Å². The van der Waals surface area contributed by atoms with Crippen molar-refractivity contribution in [2.45, 2.75) is 13.1 Å². The fraction of sp³-hybridized carbons (Fsp3) is 0.150. The van der Waals surface area contributed by atoms with Crippen LogP contribution in [0.25, 0.3) is 22.5 Å². The summed E-state index contributed by atoms with van der Waals surface area (Å²) in [5, 5.41) is 17.8. The summed E-state index contributed by atoms with van der Waals surface area (Å²) in [6.45, 7) is 4.54. The Morgan fingerprint density at radius 1 is 1.13 bits per heavy atom. The van der Waals surface area contributed by atoms with Gasteiger partial charge in [0.25, 0.3) is 0 Å². The van der Waals surface area contributed by atoms with Crippen LogP contribution in [0.15, 0.2) is 36.9 Å². The average Bonchev–Trinajstić information content (AvgIpc) is 3.15. The molecule has 0 radical (unpaired) electrons. The van der Waals surface area contributed by atoms with E-state index in [-0.39, 0.29) is 28.1 Å². The molecular weight excluding hydrogens is 437 g/mol. The van der Waals surface area contributed by atoms with Crippen LogP contribution in [-0.2, 0) is 17.9 Å². The predicted molar refractivity (Wildman–Crippen MR) is 108 cm³/mol. The molecular formula is C20H14Cl2F2N4O2. The number of aromatic nitrogens is 3. The second kappa shape index (κ2) is 7.70. The molecule has 0 saturated carbocycles. The van der Waals surface area contributed by atoms with Crippen molar-refractivity contribution >= 4 is 29.1 Å². The van der Waals surface area contributed by atoms with Gasteiger partial charge in [0, 0.05) is 24.2 Å². The third-order valence-corrected chi connectivity index (χ3v) is 5.45. The van der Waals surface area contributed by atoms with Gasteiger partial charge in [-0.3, -0.25) is 4.79 Å². The lowest BCUT2D eigenvalue weighted by molar-refractivity contribution is -0.127. The molecule has 4 rings (SSSR count). The van der Waals surface area contributed by atoms with Crippen LogP contribution in [0.2, 0.25) is 10.0 Å². The SMILES string of the molecule is C=CC(=O)N1CCn2c(nnc2-c2cc(F)c(-c3c(O)ccc(Cl)c3F)c(Cl)c2)C1. The summed E-state index contributed by atoms with van der Waals surface area (Å²) >= 11 is 12.0. The van der Waals surface area contributed by atoms with Gasteiger partial charge in [0.1, 0.15) is 11.6 Å². The molecule has 0 atom stereocenters. The van der Waals surface area contributed by atoms with Gasteiger partial charge in [0.2, 0.25) is 5.91 Å². The van der Waals surface area contributed by atoms with Gasteiger partial charge >= 0.3 is 0 Å². The first-order valence-electron chi connectivity index (χ1n) is 8.82. The zero-order chi connectivity index (χ0) is 21.6. The molecule has 0 aliphatic carbocycles. The van der Waals surface area contributed by atoms with Crippen molar-refractivity contribution in [2.75, 3.05) is 6.54 Å². The summed E-state index contributed by atoms with van der Waals surface area (Å²) in [5.74, 6) is -1.64. The zero-order valence-corrected chi connectivity index (χ0v) is 16.9. The number of benzene rings is 2. The van der Waals surface area contributed by atoms with Gasteiger partial charge < -0.3 is 14.6 Å². The van der Waals surface area contributed by atoms with Gasteiger partial charge in [0.15, 0.2) is 17.5 Å². The number of carbonyl (C=O) groups excluding carboxylic acids is 1. The Hall–Kier alpha value is -2.97. The molecule has 1 aliphatic rings. The number of hydrogen-bond acceptors (Lipinski definition) is 4. The first-order valence-corrected chi connectivity index (χ1v) is 9.57. The number of halogens is 4. The van der Waals surface area contributed by atoms with Crippen LogP contribution in [0.1, 0.15) is 5.82 Å². The lowest BCUT2D eigenvalue weighted by atomic mass is 10.0. The normalized spacial score (nSPS) is 13.3. The van der Waals surface area contributed by atoms with Crippen LogP contribution in [0, 0.1) is 11.6 Å². The summed E-state index contributed by atoms with van der Waals surface area (Å²) in [6.07, 6.45) is 1.23. The van der Waals surface area contributed by atoms with E-state index in [1.165, 1.54) is 18.2 Å². The maximum absolute atomic E-state index is 15.0. The average molecular weight is 451 g/mol. The van der Waals surface area contributed by atoms with E-state index in [9.17, 15) is 18.7 Å². The molecule has 30 heavy (non-hydrogen) atoms. The van der Waals surface area contributed by atoms with E-state index in [0.717, 1.165) is 12.1 Å². The van der Waals surface area contributed by atoms with Crippen molar-refractivity contribution in [3.63, 3.8) is 0 Å². The van der Waals surface area contributed by atoms with Crippen molar-refractivity contribution in [3.8, 4) is 28.3 Å². The fourth-order valence-corrected chi connectivity index (χ4v) is 3.87. The van der Waals surface area contributed by atoms with Gasteiger partial charge in [-0.25, -0.2) is 8.78 Å². The van der Waals surface area contributed by atoms with Crippen LogP contribution in [-0.4, -0.2) is 37.2 Å². The highest BCUT2D eigenvalue weighted by Gasteiger charge is 2.26. The van der Waals surface area contributed by atoms with Crippen LogP contribution in [0.4, 0.5) is 8.78 Å². The lowest BCUT2D eigenvalue weighted by Gasteiger charge is -2.26. The van der Waals surface area contributed by atoms with Crippen LogP contribution < -0.4 is 0 Å². The molecule has 0 bridgehead atoms. The Balaban J connectivity index is 1.77. The van der Waals surface area contributed by atoms with Gasteiger partial charge in [-0.1, -0.05) is 29.8 Å². The number of phenols is 1. The van der Waals surface area contributed by atoms with Gasteiger partial charge in [-0.2, -0.15) is 0 Å². The molecule has 154 valence electrons. The maximum atomic E-state index is 15.0. The molecule has 1 aromatic heterocycles. The summed E-state index contributed by atoms with van der Waals surface area (Å²) in [7, 11) is 0. The molecule has 0 saturated heterocycles. The van der Waals surface area contributed by atoms with Crippen molar-refractivity contribution in [1.82, 2.24) is 19.7 Å². The van der Waals surface area contributed by atoms with E-state index in [0.29, 0.717) is 30.3 Å². The van der Waals surface area contributed by atoms with E-state index in [1.807, 2.05) is 0 Å². The molecule has 1 amide bonds. The number of amides is 1. The topological polar surface area (TPSA) is 71.2 Å². The first-order chi connectivity index (χ1) is 14.3. The third kappa shape index (κ3) is 3.32. The number of aromatic hydroxyl groups is 1. The molecule has 10 heteroatoms. The summed E-state index contributed by atoms with van der Waals surface area (Å²) in [6, 6.07) is 4.88. The Labute approximate surface area is 180 Å². The molecule has 1 aliphatic heterocycles. The highest BCUT2D eigenvalue weighted by atomic mass is 35.5. The second-order valence-corrected chi connectivity index (χ2v) is 7.44. The van der Waals surface area contributed by atoms with E-state index >= 15 is 0 Å². The van der Waals surface area contributed by atoms with Gasteiger partial charge in [-0.05, 0) is 30.3 Å². The largest absolute Gasteiger partial charge is 0.507 e. The number of hydrogen-bond donors (Lipinski definition) is 1. The smallest absolute Gasteiger partial charge is 0.246 e. The highest BCUT2D eigenvalue weighted by molar-refractivity contribution is 6.34. The molecule has 2 heterocycles. The van der Waals surface area contributed by atoms with Gasteiger partial charge in [-0.15, -0.1) is 10.2 Å². The minimum absolute atomic E-state index is 0.127. The van der Waals surface area contributed by atoms with Gasteiger partial charge in [0.05, 0.1) is 22.2 Å². The number of fused-ring (bicyclic) bond motifs is 1. The standard InChI is InChI=1S/C20H14Cl2F2N4O2/c1-2-16(30)27-5-6-28-15(9-27)25-26-20(28)10-7-12(22)17(13(23)8-10)18-14(29)4-3-11(21)19(18)24/h2-4,7-8,29H,1,5-6,9H2. The maximum Gasteiger partial charge on any atom is 0.246 e. The number of nitrogens with zero attached hydrogens (tertiary/aromatic N) is 4. The molecule has 0 unspecified atom stereocenters. The van der Waals surface area contributed by atoms with E-state index in [2.05, 4.69) is 16.8 Å². The van der Waals surface area contributed by atoms with Crippen LogP contribution in [0.3, 0.4) is 0 Å². The quantitative estimate of drug-likeness (QED) is 0.599. The van der Waals surface area contributed by atoms with Crippen molar-refractivity contribution in [3.05, 3.63) is 64.4 Å². The molecule has 3 aromatic rings. The Kier molecular flexibility index (Phi) is 5.21. The number of carbonyl (C=O) groups is 1. The summed E-state index contributed by atoms with van der Waals surface area (Å²) < 4.78 is 31.2. The molecule has 6 nitrogen and oxygen atoms in total. The number of rotatable bonds is 3. The molecule has 0 spiro atoms. The molecule has 1 N–H and O–H groups in total. The summed E-state index contributed by atoms with van der Waals surface area (Å²) in [4.78, 5) is 13.4. The molecule has 2 aromatic carbocycles. The second-order valence-electron chi connectivity index (χ2n) is 6.63. The predicted octanol–water partition coefficient (Wildman–Crippen LogP) is 4.43. The van der Waals surface area contributed by atoms with E-state index < -0.39 is 22.9 Å². The Morgan fingerprint density at radius 3 is 2.60 bits per heavy atom. The Morgan fingerprint density at radius 2 is 1.90 bits per heavy atom. The monoisotopic (exact) mass is 450 g/mol. The minimum Gasteiger partial charge on any atom is -0.507 e. The minimum atomic E-state index is -0.975. The fourth-order valence-electron chi connectivity index (χ4n) is 3.41. The van der Waals surface area contributed by atoms with Crippen LogP contribution >= 0.6 is 23.2 Å². The Bertz CT molecular complexity index is 1170. The van der Waals surface area contributed by atoms with Crippen LogP contribution in [0.5, 0.6) is 5.75 Å². The zero-order valence-electron chi connectivity index (χ0n) is 15.4. The third-order valence-electron chi connectivity index (χ3n) is 4.86. The van der Waals surface area contributed by atoms with E-state index in [4.69, 9.17) is 23.2 Å². The highest BCUT2D eigenvalue weighted by Crippen LogP contribution is 2.42. The summed E-state index contributed by atoms with van der Waals surface area (Å²) in [5.41, 5.74) is -0.400. The van der Waals surface area contributed by atoms with E-state index in [1.54, 1.807) is 9.47 Å². The number of phenolic OH excluding ortho intramolecular Hbond substituents is 1.